The molecule has 3 nitrogen and oxygen atoms in total. The number of nitrogens with zero attached hydrogens (tertiary/aromatic N) is 2. The number of hydrogen-bond donors (Lipinski definition) is 1. The number of hydrogen-bond acceptors (Lipinski definition) is 4. The van der Waals surface area contributed by atoms with Crippen molar-refractivity contribution in [2.45, 2.75) is 19.8 Å². The molecule has 0 amide bonds. The molecule has 0 aliphatic heterocycles. The quantitative estimate of drug-likeness (QED) is 0.734. The summed E-state index contributed by atoms with van der Waals surface area (Å²) >= 11 is 5.21. The molecule has 0 bridgehead atoms. The molecule has 0 radical (unpaired) electrons. The van der Waals surface area contributed by atoms with Gasteiger partial charge in [0.1, 0.15) is 16.5 Å². The predicted molar refractivity (Wildman–Crippen MR) is 93.3 cm³/mol. The summed E-state index contributed by atoms with van der Waals surface area (Å²) in [6.45, 7) is 2.17. The Morgan fingerprint density at radius 2 is 1.95 bits per heavy atom. The van der Waals surface area contributed by atoms with Crippen LogP contribution < -0.4 is 5.32 Å². The molecule has 21 heavy (non-hydrogen) atoms. The third kappa shape index (κ3) is 3.09. The second kappa shape index (κ2) is 6.12. The summed E-state index contributed by atoms with van der Waals surface area (Å²) in [5, 5.41) is 4.31. The van der Waals surface area contributed by atoms with Gasteiger partial charge in [0.05, 0.1) is 5.39 Å². The van der Waals surface area contributed by atoms with Crippen molar-refractivity contribution in [3.8, 4) is 0 Å². The normalized spacial score (nSPS) is 11.0. The lowest BCUT2D eigenvalue weighted by Gasteiger charge is -2.05. The Bertz CT molecular complexity index is 765. The summed E-state index contributed by atoms with van der Waals surface area (Å²) < 4.78 is 1.09. The Kier molecular flexibility index (Phi) is 4.22. The zero-order chi connectivity index (χ0) is 14.8. The first-order valence-electron chi connectivity index (χ1n) is 6.91. The number of rotatable bonds is 4. The highest BCUT2D eigenvalue weighted by atomic mass is 79.9. The van der Waals surface area contributed by atoms with E-state index >= 15 is 0 Å². The van der Waals surface area contributed by atoms with Crippen LogP contribution in [0.5, 0.6) is 0 Å². The maximum Gasteiger partial charge on any atom is 0.138 e. The summed E-state index contributed by atoms with van der Waals surface area (Å²) in [4.78, 5) is 11.8. The Morgan fingerprint density at radius 3 is 2.62 bits per heavy atom. The molecule has 0 saturated heterocycles. The molecule has 0 saturated carbocycles. The van der Waals surface area contributed by atoms with Crippen molar-refractivity contribution in [3.05, 3.63) is 51.1 Å². The van der Waals surface area contributed by atoms with Gasteiger partial charge in [0.15, 0.2) is 0 Å². The number of aryl methyl sites for hydroxylation is 1. The smallest absolute Gasteiger partial charge is 0.138 e. The van der Waals surface area contributed by atoms with Crippen molar-refractivity contribution in [1.82, 2.24) is 9.97 Å². The van der Waals surface area contributed by atoms with Gasteiger partial charge in [-0.1, -0.05) is 35.0 Å². The van der Waals surface area contributed by atoms with Crippen molar-refractivity contribution in [1.29, 1.82) is 0 Å². The average molecular weight is 362 g/mol. The number of benzene rings is 1. The molecule has 0 aliphatic carbocycles. The third-order valence-corrected chi connectivity index (χ3v) is 5.05. The summed E-state index contributed by atoms with van der Waals surface area (Å²) in [6.07, 6.45) is 1.78. The number of halogens is 1. The number of thiophene rings is 1. The number of aromatic nitrogens is 2. The standard InChI is InChI=1S/C16H16BrN3S/c1-3-12-9-13-15(18-2)19-14(20-16(13)21-12)8-10-4-6-11(17)7-5-10/h4-7,9H,3,8H2,1-2H3,(H,18,19,20). The Hall–Kier alpha value is -1.46. The molecule has 5 heteroatoms. The van der Waals surface area contributed by atoms with E-state index in [1.807, 2.05) is 19.2 Å². The van der Waals surface area contributed by atoms with Gasteiger partial charge in [0.25, 0.3) is 0 Å². The van der Waals surface area contributed by atoms with Crippen LogP contribution in [0.2, 0.25) is 0 Å². The molecular formula is C16H16BrN3S. The maximum absolute atomic E-state index is 4.73. The molecule has 0 spiro atoms. The molecule has 1 N–H and O–H groups in total. The van der Waals surface area contributed by atoms with Crippen LogP contribution >= 0.6 is 27.3 Å². The Labute approximate surface area is 136 Å². The van der Waals surface area contributed by atoms with Gasteiger partial charge in [-0.3, -0.25) is 0 Å². The first-order chi connectivity index (χ1) is 10.2. The van der Waals surface area contributed by atoms with Crippen LogP contribution in [-0.4, -0.2) is 17.0 Å². The minimum absolute atomic E-state index is 0.747. The minimum atomic E-state index is 0.747. The zero-order valence-corrected chi connectivity index (χ0v) is 14.4. The monoisotopic (exact) mass is 361 g/mol. The summed E-state index contributed by atoms with van der Waals surface area (Å²) in [7, 11) is 1.91. The van der Waals surface area contributed by atoms with Gasteiger partial charge in [-0.15, -0.1) is 11.3 Å². The maximum atomic E-state index is 4.73. The summed E-state index contributed by atoms with van der Waals surface area (Å²) in [5.41, 5.74) is 1.21. The lowest BCUT2D eigenvalue weighted by atomic mass is 10.1. The van der Waals surface area contributed by atoms with Crippen molar-refractivity contribution in [2.75, 3.05) is 12.4 Å². The van der Waals surface area contributed by atoms with Crippen LogP contribution in [0.15, 0.2) is 34.8 Å². The topological polar surface area (TPSA) is 37.8 Å². The fourth-order valence-corrected chi connectivity index (χ4v) is 3.49. The molecule has 3 aromatic rings. The highest BCUT2D eigenvalue weighted by molar-refractivity contribution is 9.10. The second-order valence-electron chi connectivity index (χ2n) is 4.83. The van der Waals surface area contributed by atoms with Gasteiger partial charge < -0.3 is 5.32 Å². The lowest BCUT2D eigenvalue weighted by Crippen LogP contribution is -2.01. The van der Waals surface area contributed by atoms with E-state index in [1.165, 1.54) is 10.4 Å². The van der Waals surface area contributed by atoms with Gasteiger partial charge in [0.2, 0.25) is 0 Å². The fraction of sp³-hybridized carbons (Fsp3) is 0.250. The van der Waals surface area contributed by atoms with E-state index in [9.17, 15) is 0 Å². The lowest BCUT2D eigenvalue weighted by molar-refractivity contribution is 0.997. The molecule has 108 valence electrons. The van der Waals surface area contributed by atoms with E-state index in [-0.39, 0.29) is 0 Å². The second-order valence-corrected chi connectivity index (χ2v) is 6.86. The van der Waals surface area contributed by atoms with Crippen molar-refractivity contribution in [2.24, 2.45) is 0 Å². The average Bonchev–Trinajstić information content (AvgIpc) is 2.92. The van der Waals surface area contributed by atoms with E-state index in [2.05, 4.69) is 51.4 Å². The zero-order valence-electron chi connectivity index (χ0n) is 12.0. The molecule has 0 atom stereocenters. The largest absolute Gasteiger partial charge is 0.372 e. The van der Waals surface area contributed by atoms with Gasteiger partial charge >= 0.3 is 0 Å². The van der Waals surface area contributed by atoms with Crippen LogP contribution in [0.1, 0.15) is 23.2 Å². The number of nitrogens with one attached hydrogen (secondary N) is 1. The number of anilines is 1. The fourth-order valence-electron chi connectivity index (χ4n) is 2.24. The molecule has 0 fully saturated rings. The third-order valence-electron chi connectivity index (χ3n) is 3.35. The molecule has 2 aromatic heterocycles. The van der Waals surface area contributed by atoms with Crippen LogP contribution in [0.25, 0.3) is 10.2 Å². The number of fused-ring (bicyclic) bond motifs is 1. The first kappa shape index (κ1) is 14.5. The van der Waals surface area contributed by atoms with Gasteiger partial charge in [0, 0.05) is 22.8 Å². The van der Waals surface area contributed by atoms with Crippen molar-refractivity contribution in [3.63, 3.8) is 0 Å². The first-order valence-corrected chi connectivity index (χ1v) is 8.52. The van der Waals surface area contributed by atoms with Crippen LogP contribution in [0.4, 0.5) is 5.82 Å². The molecule has 0 aliphatic rings. The molecule has 2 heterocycles. The van der Waals surface area contributed by atoms with E-state index in [0.29, 0.717) is 0 Å². The Balaban J connectivity index is 2.00. The van der Waals surface area contributed by atoms with E-state index in [0.717, 1.165) is 39.2 Å². The molecule has 1 aromatic carbocycles. The van der Waals surface area contributed by atoms with Crippen molar-refractivity contribution >= 4 is 43.3 Å². The van der Waals surface area contributed by atoms with E-state index in [4.69, 9.17) is 4.98 Å². The van der Waals surface area contributed by atoms with Gasteiger partial charge in [-0.05, 0) is 30.2 Å². The SMILES string of the molecule is CCc1cc2c(NC)nc(Cc3ccc(Br)cc3)nc2s1. The van der Waals surface area contributed by atoms with Crippen LogP contribution in [0.3, 0.4) is 0 Å². The van der Waals surface area contributed by atoms with Gasteiger partial charge in [-0.25, -0.2) is 9.97 Å². The molecule has 3 rings (SSSR count). The highest BCUT2D eigenvalue weighted by Gasteiger charge is 2.10. The van der Waals surface area contributed by atoms with Gasteiger partial charge in [-0.2, -0.15) is 0 Å². The molecular weight excluding hydrogens is 346 g/mol. The Morgan fingerprint density at radius 1 is 1.19 bits per heavy atom. The van der Waals surface area contributed by atoms with Crippen molar-refractivity contribution < 1.29 is 0 Å². The van der Waals surface area contributed by atoms with E-state index < -0.39 is 0 Å². The minimum Gasteiger partial charge on any atom is -0.372 e. The van der Waals surface area contributed by atoms with Crippen LogP contribution in [-0.2, 0) is 12.8 Å². The van der Waals surface area contributed by atoms with E-state index in [1.54, 1.807) is 11.3 Å². The molecule has 0 unspecified atom stereocenters. The highest BCUT2D eigenvalue weighted by Crippen LogP contribution is 2.29. The van der Waals surface area contributed by atoms with Crippen LogP contribution in [0, 0.1) is 0 Å². The predicted octanol–water partition coefficient (Wildman–Crippen LogP) is 4.65. The summed E-state index contributed by atoms with van der Waals surface area (Å²) in [5.74, 6) is 1.78. The summed E-state index contributed by atoms with van der Waals surface area (Å²) in [6, 6.07) is 10.5.